The second kappa shape index (κ2) is 6.82. The molecule has 0 aliphatic rings. The zero-order valence-corrected chi connectivity index (χ0v) is 10.5. The minimum absolute atomic E-state index is 0.732. The van der Waals surface area contributed by atoms with Crippen molar-refractivity contribution in [1.82, 2.24) is 0 Å². The van der Waals surface area contributed by atoms with Gasteiger partial charge in [-0.05, 0) is 42.6 Å². The molecule has 0 fully saturated rings. The average Bonchev–Trinajstić information content (AvgIpc) is 2.45. The lowest BCUT2D eigenvalue weighted by Gasteiger charge is -2.07. The minimum atomic E-state index is 0.732. The van der Waals surface area contributed by atoms with Crippen LogP contribution in [-0.4, -0.2) is 13.2 Å². The number of hydrogen-bond acceptors (Lipinski definition) is 2. The summed E-state index contributed by atoms with van der Waals surface area (Å²) in [4.78, 5) is 0. The maximum atomic E-state index is 5.64. The van der Waals surface area contributed by atoms with E-state index in [1.54, 1.807) is 0 Å². The van der Waals surface area contributed by atoms with Crippen molar-refractivity contribution in [2.75, 3.05) is 13.2 Å². The van der Waals surface area contributed by atoms with Gasteiger partial charge < -0.3 is 10.5 Å². The standard InChI is InChI=1S/C16H19NO/c17-12-4-5-13-18-16-10-8-15(9-11-16)14-6-2-1-3-7-14/h1-3,6-11H,4-5,12-13,17H2. The third-order valence-corrected chi connectivity index (χ3v) is 2.83. The predicted octanol–water partition coefficient (Wildman–Crippen LogP) is 3.47. The molecule has 2 aromatic carbocycles. The van der Waals surface area contributed by atoms with E-state index in [2.05, 4.69) is 24.3 Å². The summed E-state index contributed by atoms with van der Waals surface area (Å²) < 4.78 is 5.64. The van der Waals surface area contributed by atoms with E-state index < -0.39 is 0 Å². The number of hydrogen-bond donors (Lipinski definition) is 1. The summed E-state index contributed by atoms with van der Waals surface area (Å²) in [5.41, 5.74) is 7.88. The Morgan fingerprint density at radius 2 is 1.44 bits per heavy atom. The second-order valence-corrected chi connectivity index (χ2v) is 4.23. The van der Waals surface area contributed by atoms with Crippen molar-refractivity contribution in [3.05, 3.63) is 54.6 Å². The zero-order chi connectivity index (χ0) is 12.6. The Morgan fingerprint density at radius 3 is 2.11 bits per heavy atom. The third kappa shape index (κ3) is 3.60. The van der Waals surface area contributed by atoms with Crippen molar-refractivity contribution in [3.8, 4) is 16.9 Å². The van der Waals surface area contributed by atoms with Gasteiger partial charge in [0.05, 0.1) is 6.61 Å². The van der Waals surface area contributed by atoms with E-state index in [4.69, 9.17) is 10.5 Å². The highest BCUT2D eigenvalue weighted by Crippen LogP contribution is 2.22. The van der Waals surface area contributed by atoms with Crippen LogP contribution in [0.4, 0.5) is 0 Å². The molecule has 0 radical (unpaired) electrons. The largest absolute Gasteiger partial charge is 0.494 e. The number of nitrogens with two attached hydrogens (primary N) is 1. The number of unbranched alkanes of at least 4 members (excludes halogenated alkanes) is 1. The summed E-state index contributed by atoms with van der Waals surface area (Å²) in [6, 6.07) is 18.6. The fourth-order valence-corrected chi connectivity index (χ4v) is 1.81. The molecule has 0 unspecified atom stereocenters. The molecule has 18 heavy (non-hydrogen) atoms. The lowest BCUT2D eigenvalue weighted by atomic mass is 10.1. The van der Waals surface area contributed by atoms with E-state index in [9.17, 15) is 0 Å². The van der Waals surface area contributed by atoms with Gasteiger partial charge in [-0.3, -0.25) is 0 Å². The average molecular weight is 241 g/mol. The topological polar surface area (TPSA) is 35.2 Å². The Balaban J connectivity index is 1.94. The summed E-state index contributed by atoms with van der Waals surface area (Å²) in [6.07, 6.45) is 2.03. The first-order valence-electron chi connectivity index (χ1n) is 6.38. The van der Waals surface area contributed by atoms with Crippen molar-refractivity contribution in [3.63, 3.8) is 0 Å². The molecule has 94 valence electrons. The quantitative estimate of drug-likeness (QED) is 0.786. The summed E-state index contributed by atoms with van der Waals surface area (Å²) in [5, 5.41) is 0. The Hall–Kier alpha value is -1.80. The lowest BCUT2D eigenvalue weighted by Crippen LogP contribution is -2.03. The number of benzene rings is 2. The second-order valence-electron chi connectivity index (χ2n) is 4.23. The van der Waals surface area contributed by atoms with E-state index in [1.165, 1.54) is 11.1 Å². The third-order valence-electron chi connectivity index (χ3n) is 2.83. The van der Waals surface area contributed by atoms with Crippen LogP contribution in [0.1, 0.15) is 12.8 Å². The monoisotopic (exact) mass is 241 g/mol. The van der Waals surface area contributed by atoms with Crippen LogP contribution in [0.25, 0.3) is 11.1 Å². The van der Waals surface area contributed by atoms with Gasteiger partial charge in [-0.25, -0.2) is 0 Å². The highest BCUT2D eigenvalue weighted by molar-refractivity contribution is 5.63. The molecule has 0 aliphatic carbocycles. The Bertz CT molecular complexity index is 450. The highest BCUT2D eigenvalue weighted by atomic mass is 16.5. The molecule has 0 bridgehead atoms. The van der Waals surface area contributed by atoms with Crippen LogP contribution in [0, 0.1) is 0 Å². The van der Waals surface area contributed by atoms with E-state index >= 15 is 0 Å². The molecular formula is C16H19NO. The molecule has 2 aromatic rings. The van der Waals surface area contributed by atoms with Gasteiger partial charge >= 0.3 is 0 Å². The van der Waals surface area contributed by atoms with E-state index in [0.29, 0.717) is 0 Å². The summed E-state index contributed by atoms with van der Waals surface area (Å²) in [6.45, 7) is 1.47. The summed E-state index contributed by atoms with van der Waals surface area (Å²) in [7, 11) is 0. The van der Waals surface area contributed by atoms with Crippen molar-refractivity contribution in [2.24, 2.45) is 5.73 Å². The van der Waals surface area contributed by atoms with E-state index in [1.807, 2.05) is 30.3 Å². The van der Waals surface area contributed by atoms with Crippen LogP contribution in [0.2, 0.25) is 0 Å². The SMILES string of the molecule is NCCCCOc1ccc(-c2ccccc2)cc1. The fourth-order valence-electron chi connectivity index (χ4n) is 1.81. The molecule has 0 aliphatic heterocycles. The molecular weight excluding hydrogens is 222 g/mol. The summed E-state index contributed by atoms with van der Waals surface area (Å²) >= 11 is 0. The molecule has 2 N–H and O–H groups in total. The Morgan fingerprint density at radius 1 is 0.778 bits per heavy atom. The molecule has 2 rings (SSSR count). The van der Waals surface area contributed by atoms with Crippen LogP contribution in [0.15, 0.2) is 54.6 Å². The van der Waals surface area contributed by atoms with Crippen LogP contribution in [0.5, 0.6) is 5.75 Å². The van der Waals surface area contributed by atoms with Crippen LogP contribution in [0.3, 0.4) is 0 Å². The molecule has 0 amide bonds. The van der Waals surface area contributed by atoms with Gasteiger partial charge in [0.15, 0.2) is 0 Å². The molecule has 2 heteroatoms. The normalized spacial score (nSPS) is 10.3. The Kier molecular flexibility index (Phi) is 4.79. The number of ether oxygens (including phenoxy) is 1. The zero-order valence-electron chi connectivity index (χ0n) is 10.5. The molecule has 0 saturated heterocycles. The smallest absolute Gasteiger partial charge is 0.119 e. The van der Waals surface area contributed by atoms with Gasteiger partial charge in [-0.1, -0.05) is 42.5 Å². The van der Waals surface area contributed by atoms with Gasteiger partial charge in [0.1, 0.15) is 5.75 Å². The highest BCUT2D eigenvalue weighted by Gasteiger charge is 1.97. The van der Waals surface area contributed by atoms with Crippen LogP contribution < -0.4 is 10.5 Å². The maximum absolute atomic E-state index is 5.64. The first kappa shape index (κ1) is 12.7. The van der Waals surface area contributed by atoms with Gasteiger partial charge in [0.25, 0.3) is 0 Å². The maximum Gasteiger partial charge on any atom is 0.119 e. The van der Waals surface area contributed by atoms with Crippen molar-refractivity contribution in [1.29, 1.82) is 0 Å². The van der Waals surface area contributed by atoms with Gasteiger partial charge in [0, 0.05) is 0 Å². The predicted molar refractivity (Wildman–Crippen MR) is 75.7 cm³/mol. The lowest BCUT2D eigenvalue weighted by molar-refractivity contribution is 0.308. The van der Waals surface area contributed by atoms with E-state index in [0.717, 1.165) is 31.7 Å². The van der Waals surface area contributed by atoms with Crippen molar-refractivity contribution in [2.45, 2.75) is 12.8 Å². The van der Waals surface area contributed by atoms with Gasteiger partial charge in [-0.2, -0.15) is 0 Å². The fraction of sp³-hybridized carbons (Fsp3) is 0.250. The molecule has 0 aromatic heterocycles. The molecule has 0 saturated carbocycles. The summed E-state index contributed by atoms with van der Waals surface area (Å²) in [5.74, 6) is 0.923. The van der Waals surface area contributed by atoms with E-state index in [-0.39, 0.29) is 0 Å². The first-order valence-corrected chi connectivity index (χ1v) is 6.38. The minimum Gasteiger partial charge on any atom is -0.494 e. The molecule has 0 heterocycles. The number of rotatable bonds is 6. The van der Waals surface area contributed by atoms with Crippen molar-refractivity contribution >= 4 is 0 Å². The van der Waals surface area contributed by atoms with Crippen LogP contribution in [-0.2, 0) is 0 Å². The van der Waals surface area contributed by atoms with Crippen molar-refractivity contribution < 1.29 is 4.74 Å². The van der Waals surface area contributed by atoms with Gasteiger partial charge in [-0.15, -0.1) is 0 Å². The first-order chi connectivity index (χ1) is 8.90. The molecule has 2 nitrogen and oxygen atoms in total. The van der Waals surface area contributed by atoms with Crippen LogP contribution >= 0.6 is 0 Å². The Labute approximate surface area is 108 Å². The molecule has 0 spiro atoms. The van der Waals surface area contributed by atoms with Gasteiger partial charge in [0.2, 0.25) is 0 Å². The molecule has 0 atom stereocenters.